The molecule has 84 valence electrons. The summed E-state index contributed by atoms with van der Waals surface area (Å²) in [5.41, 5.74) is 1.47. The average Bonchev–Trinajstić information content (AvgIpc) is 2.15. The van der Waals surface area contributed by atoms with Gasteiger partial charge in [0.15, 0.2) is 0 Å². The molecule has 2 rings (SSSR count). The topological polar surface area (TPSA) is 57.8 Å². The molecule has 0 unspecified atom stereocenters. The number of aromatic amines is 1. The number of H-pyrrole nitrogens is 1. The van der Waals surface area contributed by atoms with Gasteiger partial charge in [0, 0.05) is 11.7 Å². The van der Waals surface area contributed by atoms with Crippen molar-refractivity contribution < 1.29 is 0 Å². The fourth-order valence-corrected chi connectivity index (χ4v) is 1.74. The summed E-state index contributed by atoms with van der Waals surface area (Å²) in [5, 5.41) is 3.87. The highest BCUT2D eigenvalue weighted by Crippen LogP contribution is 2.18. The van der Waals surface area contributed by atoms with E-state index >= 15 is 0 Å². The lowest BCUT2D eigenvalue weighted by atomic mass is 10.2. The maximum absolute atomic E-state index is 11.9. The van der Waals surface area contributed by atoms with E-state index < -0.39 is 0 Å². The molecule has 1 heterocycles. The van der Waals surface area contributed by atoms with E-state index in [9.17, 15) is 4.79 Å². The van der Waals surface area contributed by atoms with Crippen molar-refractivity contribution in [2.24, 2.45) is 0 Å². The van der Waals surface area contributed by atoms with Crippen LogP contribution in [0.5, 0.6) is 0 Å². The van der Waals surface area contributed by atoms with Crippen LogP contribution in [0, 0.1) is 6.92 Å². The number of anilines is 1. The van der Waals surface area contributed by atoms with Crippen LogP contribution < -0.4 is 10.9 Å². The molecular weight excluding hydrogens is 202 g/mol. The molecule has 0 amide bonds. The van der Waals surface area contributed by atoms with Gasteiger partial charge in [-0.15, -0.1) is 0 Å². The van der Waals surface area contributed by atoms with Crippen molar-refractivity contribution in [3.63, 3.8) is 0 Å². The molecule has 0 bridgehead atoms. The maximum atomic E-state index is 11.9. The summed E-state index contributed by atoms with van der Waals surface area (Å²) >= 11 is 0. The average molecular weight is 217 g/mol. The number of benzene rings is 1. The molecule has 4 nitrogen and oxygen atoms in total. The normalized spacial score (nSPS) is 11.0. The molecule has 1 aromatic carbocycles. The van der Waals surface area contributed by atoms with Gasteiger partial charge in [-0.2, -0.15) is 0 Å². The van der Waals surface area contributed by atoms with Crippen molar-refractivity contribution in [1.29, 1.82) is 0 Å². The Hall–Kier alpha value is -1.84. The molecule has 2 aromatic rings. The Morgan fingerprint density at radius 2 is 2.12 bits per heavy atom. The Kier molecular flexibility index (Phi) is 2.64. The monoisotopic (exact) mass is 217 g/mol. The number of rotatable bonds is 2. The number of hydrogen-bond donors (Lipinski definition) is 2. The molecule has 2 N–H and O–H groups in total. The number of aromatic nitrogens is 2. The minimum absolute atomic E-state index is 0.0914. The van der Waals surface area contributed by atoms with E-state index in [1.54, 1.807) is 6.92 Å². The summed E-state index contributed by atoms with van der Waals surface area (Å²) < 4.78 is 0. The zero-order valence-electron chi connectivity index (χ0n) is 9.66. The van der Waals surface area contributed by atoms with Crippen molar-refractivity contribution in [1.82, 2.24) is 9.97 Å². The molecule has 0 saturated heterocycles. The first-order valence-electron chi connectivity index (χ1n) is 5.34. The van der Waals surface area contributed by atoms with Gasteiger partial charge < -0.3 is 10.3 Å². The molecule has 0 aliphatic rings. The second-order valence-electron chi connectivity index (χ2n) is 4.15. The first-order valence-corrected chi connectivity index (χ1v) is 5.34. The number of nitrogens with zero attached hydrogens (tertiary/aromatic N) is 1. The minimum atomic E-state index is -0.0914. The Morgan fingerprint density at radius 1 is 1.38 bits per heavy atom. The number of fused-ring (bicyclic) bond motifs is 1. The number of nitrogens with one attached hydrogen (secondary N) is 2. The third-order valence-corrected chi connectivity index (χ3v) is 2.30. The quantitative estimate of drug-likeness (QED) is 0.809. The molecule has 0 saturated carbocycles. The minimum Gasteiger partial charge on any atom is -0.382 e. The van der Waals surface area contributed by atoms with Gasteiger partial charge in [-0.1, -0.05) is 6.07 Å². The van der Waals surface area contributed by atoms with Crippen molar-refractivity contribution in [2.75, 3.05) is 5.32 Å². The highest BCUT2D eigenvalue weighted by atomic mass is 16.1. The van der Waals surface area contributed by atoms with Crippen LogP contribution in [0.4, 0.5) is 5.69 Å². The van der Waals surface area contributed by atoms with E-state index in [0.717, 1.165) is 11.2 Å². The summed E-state index contributed by atoms with van der Waals surface area (Å²) in [6.45, 7) is 5.85. The first kappa shape index (κ1) is 10.7. The highest BCUT2D eigenvalue weighted by molar-refractivity contribution is 5.90. The van der Waals surface area contributed by atoms with Gasteiger partial charge in [0.2, 0.25) is 0 Å². The van der Waals surface area contributed by atoms with Crippen LogP contribution in [-0.4, -0.2) is 16.0 Å². The van der Waals surface area contributed by atoms with Crippen molar-refractivity contribution >= 4 is 16.6 Å². The van der Waals surface area contributed by atoms with Gasteiger partial charge in [-0.05, 0) is 32.9 Å². The van der Waals surface area contributed by atoms with E-state index in [1.165, 1.54) is 0 Å². The predicted molar refractivity (Wildman–Crippen MR) is 65.9 cm³/mol. The summed E-state index contributed by atoms with van der Waals surface area (Å²) in [6.07, 6.45) is 0. The third-order valence-electron chi connectivity index (χ3n) is 2.30. The van der Waals surface area contributed by atoms with E-state index in [1.807, 2.05) is 32.0 Å². The standard InChI is InChI=1S/C12H15N3O/c1-7(2)13-9-5-4-6-10-11(9)12(16)15-8(3)14-10/h4-7,13H,1-3H3,(H,14,15,16). The smallest absolute Gasteiger partial charge is 0.260 e. The number of hydrogen-bond acceptors (Lipinski definition) is 3. The second-order valence-corrected chi connectivity index (χ2v) is 4.15. The molecule has 0 aliphatic heterocycles. The second kappa shape index (κ2) is 3.96. The Bertz CT molecular complexity index is 572. The Balaban J connectivity index is 2.72. The fraction of sp³-hybridized carbons (Fsp3) is 0.333. The zero-order chi connectivity index (χ0) is 11.7. The van der Waals surface area contributed by atoms with Gasteiger partial charge in [0.1, 0.15) is 5.82 Å². The molecule has 0 atom stereocenters. The number of aryl methyl sites for hydroxylation is 1. The van der Waals surface area contributed by atoms with E-state index in [4.69, 9.17) is 0 Å². The molecule has 0 aliphatic carbocycles. The fourth-order valence-electron chi connectivity index (χ4n) is 1.74. The van der Waals surface area contributed by atoms with E-state index in [-0.39, 0.29) is 11.6 Å². The third kappa shape index (κ3) is 1.91. The van der Waals surface area contributed by atoms with E-state index in [2.05, 4.69) is 15.3 Å². The SMILES string of the molecule is Cc1nc2cccc(NC(C)C)c2c(=O)[nH]1. The van der Waals surface area contributed by atoms with E-state index in [0.29, 0.717) is 11.2 Å². The van der Waals surface area contributed by atoms with Gasteiger partial charge >= 0.3 is 0 Å². The molecular formula is C12H15N3O. The van der Waals surface area contributed by atoms with Gasteiger partial charge in [0.25, 0.3) is 5.56 Å². The Morgan fingerprint density at radius 3 is 2.81 bits per heavy atom. The highest BCUT2D eigenvalue weighted by Gasteiger charge is 2.07. The summed E-state index contributed by atoms with van der Waals surface area (Å²) in [4.78, 5) is 18.9. The molecule has 0 fully saturated rings. The van der Waals surface area contributed by atoms with Crippen molar-refractivity contribution in [3.8, 4) is 0 Å². The molecule has 0 radical (unpaired) electrons. The first-order chi connectivity index (χ1) is 7.58. The lowest BCUT2D eigenvalue weighted by molar-refractivity contribution is 0.901. The Labute approximate surface area is 93.7 Å². The van der Waals surface area contributed by atoms with Crippen LogP contribution in [0.2, 0.25) is 0 Å². The van der Waals surface area contributed by atoms with Crippen LogP contribution in [-0.2, 0) is 0 Å². The van der Waals surface area contributed by atoms with Crippen molar-refractivity contribution in [2.45, 2.75) is 26.8 Å². The lowest BCUT2D eigenvalue weighted by Gasteiger charge is -2.11. The molecule has 16 heavy (non-hydrogen) atoms. The predicted octanol–water partition coefficient (Wildman–Crippen LogP) is 2.05. The zero-order valence-corrected chi connectivity index (χ0v) is 9.66. The van der Waals surface area contributed by atoms with Gasteiger partial charge in [0.05, 0.1) is 10.9 Å². The van der Waals surface area contributed by atoms with Crippen LogP contribution in [0.3, 0.4) is 0 Å². The van der Waals surface area contributed by atoms with Crippen LogP contribution in [0.1, 0.15) is 19.7 Å². The largest absolute Gasteiger partial charge is 0.382 e. The maximum Gasteiger partial charge on any atom is 0.260 e. The molecule has 1 aromatic heterocycles. The van der Waals surface area contributed by atoms with Crippen molar-refractivity contribution in [3.05, 3.63) is 34.4 Å². The lowest BCUT2D eigenvalue weighted by Crippen LogP contribution is -2.15. The summed E-state index contributed by atoms with van der Waals surface area (Å²) in [7, 11) is 0. The van der Waals surface area contributed by atoms with Gasteiger partial charge in [-0.25, -0.2) is 4.98 Å². The van der Waals surface area contributed by atoms with Crippen LogP contribution in [0.25, 0.3) is 10.9 Å². The van der Waals surface area contributed by atoms with Crippen LogP contribution >= 0.6 is 0 Å². The molecule has 4 heteroatoms. The molecule has 0 spiro atoms. The van der Waals surface area contributed by atoms with Crippen LogP contribution in [0.15, 0.2) is 23.0 Å². The summed E-state index contributed by atoms with van der Waals surface area (Å²) in [6, 6.07) is 5.93. The van der Waals surface area contributed by atoms with Gasteiger partial charge in [-0.3, -0.25) is 4.79 Å². The summed E-state index contributed by atoms with van der Waals surface area (Å²) in [5.74, 6) is 0.638.